The van der Waals surface area contributed by atoms with E-state index in [2.05, 4.69) is 15.2 Å². The lowest BCUT2D eigenvalue weighted by Gasteiger charge is -2.30. The van der Waals surface area contributed by atoms with Crippen molar-refractivity contribution in [2.45, 2.75) is 25.7 Å². The Hall–Kier alpha value is -3.35. The molecule has 7 heteroatoms. The summed E-state index contributed by atoms with van der Waals surface area (Å²) >= 11 is 0. The molecular weight excluding hydrogens is 380 g/mol. The number of nitrogens with zero attached hydrogens (tertiary/aromatic N) is 3. The third kappa shape index (κ3) is 3.51. The number of piperidine rings is 1. The number of carbonyl (C=O) groups excluding carboxylic acids is 2. The minimum Gasteiger partial charge on any atom is -0.423 e. The molecule has 0 saturated carbocycles. The number of hydrogen-bond acceptors (Lipinski definition) is 5. The molecule has 30 heavy (non-hydrogen) atoms. The van der Waals surface area contributed by atoms with Gasteiger partial charge < -0.3 is 19.5 Å². The van der Waals surface area contributed by atoms with Crippen LogP contribution in [0, 0.1) is 5.92 Å². The molecule has 1 N–H and O–H groups in total. The summed E-state index contributed by atoms with van der Waals surface area (Å²) < 4.78 is 5.86. The highest BCUT2D eigenvalue weighted by atomic mass is 16.4. The number of para-hydroxylation sites is 4. The number of fused-ring (bicyclic) bond motifs is 1. The van der Waals surface area contributed by atoms with Crippen LogP contribution in [0.2, 0.25) is 0 Å². The number of carbonyl (C=O) groups is 2. The Morgan fingerprint density at radius 3 is 2.57 bits per heavy atom. The lowest BCUT2D eigenvalue weighted by Crippen LogP contribution is -2.38. The van der Waals surface area contributed by atoms with Crippen molar-refractivity contribution in [2.75, 3.05) is 34.8 Å². The smallest absolute Gasteiger partial charge is 0.298 e. The quantitative estimate of drug-likeness (QED) is 0.715. The molecule has 3 heterocycles. The standard InChI is InChI=1S/C23H24N4O3/c28-21-10-5-13-27(21)19-8-3-1-6-17(19)24-22(29)16-11-14-26(15-12-16)23-25-18-7-2-4-9-20(18)30-23/h1-4,6-9,16H,5,10-15H2,(H,24,29). The normalized spacial score (nSPS) is 17.7. The molecule has 154 valence electrons. The molecule has 2 fully saturated rings. The lowest BCUT2D eigenvalue weighted by atomic mass is 9.96. The van der Waals surface area contributed by atoms with Gasteiger partial charge in [-0.1, -0.05) is 24.3 Å². The van der Waals surface area contributed by atoms with E-state index < -0.39 is 0 Å². The van der Waals surface area contributed by atoms with Gasteiger partial charge in [0, 0.05) is 32.0 Å². The monoisotopic (exact) mass is 404 g/mol. The second-order valence-corrected chi connectivity index (χ2v) is 7.88. The molecule has 2 amide bonds. The summed E-state index contributed by atoms with van der Waals surface area (Å²) in [5.41, 5.74) is 3.12. The predicted octanol–water partition coefficient (Wildman–Crippen LogP) is 3.81. The Morgan fingerprint density at radius 2 is 1.80 bits per heavy atom. The number of anilines is 3. The Balaban J connectivity index is 1.24. The van der Waals surface area contributed by atoms with Gasteiger partial charge in [-0.25, -0.2) is 0 Å². The molecule has 2 saturated heterocycles. The molecule has 2 aliphatic heterocycles. The number of nitrogens with one attached hydrogen (secondary N) is 1. The Morgan fingerprint density at radius 1 is 1.03 bits per heavy atom. The summed E-state index contributed by atoms with van der Waals surface area (Å²) in [5, 5.41) is 3.06. The molecular formula is C23H24N4O3. The van der Waals surface area contributed by atoms with Gasteiger partial charge in [0.15, 0.2) is 5.58 Å². The summed E-state index contributed by atoms with van der Waals surface area (Å²) in [6.07, 6.45) is 2.89. The molecule has 7 nitrogen and oxygen atoms in total. The summed E-state index contributed by atoms with van der Waals surface area (Å²) in [6, 6.07) is 15.9. The van der Waals surface area contributed by atoms with E-state index in [0.29, 0.717) is 24.7 Å². The average Bonchev–Trinajstić information content (AvgIpc) is 3.40. The maximum atomic E-state index is 12.9. The van der Waals surface area contributed by atoms with Crippen molar-refractivity contribution in [3.05, 3.63) is 48.5 Å². The van der Waals surface area contributed by atoms with Crippen LogP contribution in [-0.4, -0.2) is 36.4 Å². The molecule has 2 aliphatic rings. The highest BCUT2D eigenvalue weighted by molar-refractivity contribution is 6.02. The van der Waals surface area contributed by atoms with Crippen molar-refractivity contribution >= 4 is 40.3 Å². The van der Waals surface area contributed by atoms with E-state index in [-0.39, 0.29) is 17.7 Å². The van der Waals surface area contributed by atoms with Crippen LogP contribution in [-0.2, 0) is 9.59 Å². The van der Waals surface area contributed by atoms with E-state index in [9.17, 15) is 9.59 Å². The number of hydrogen-bond donors (Lipinski definition) is 1. The van der Waals surface area contributed by atoms with Crippen LogP contribution in [0.4, 0.5) is 17.4 Å². The second-order valence-electron chi connectivity index (χ2n) is 7.88. The van der Waals surface area contributed by atoms with Gasteiger partial charge in [0.05, 0.1) is 11.4 Å². The maximum Gasteiger partial charge on any atom is 0.298 e. The van der Waals surface area contributed by atoms with Crippen LogP contribution in [0.3, 0.4) is 0 Å². The van der Waals surface area contributed by atoms with Gasteiger partial charge in [-0.2, -0.15) is 4.98 Å². The SMILES string of the molecule is O=C(Nc1ccccc1N1CCCC1=O)C1CCN(c2nc3ccccc3o2)CC1. The van der Waals surface area contributed by atoms with E-state index in [1.807, 2.05) is 48.5 Å². The number of aromatic nitrogens is 1. The predicted molar refractivity (Wildman–Crippen MR) is 116 cm³/mol. The van der Waals surface area contributed by atoms with Crippen molar-refractivity contribution in [1.29, 1.82) is 0 Å². The van der Waals surface area contributed by atoms with Gasteiger partial charge in [0.2, 0.25) is 11.8 Å². The zero-order valence-electron chi connectivity index (χ0n) is 16.7. The highest BCUT2D eigenvalue weighted by Gasteiger charge is 2.29. The molecule has 0 aliphatic carbocycles. The summed E-state index contributed by atoms with van der Waals surface area (Å²) in [4.78, 5) is 33.5. The first-order valence-corrected chi connectivity index (χ1v) is 10.5. The van der Waals surface area contributed by atoms with E-state index in [1.54, 1.807) is 4.90 Å². The fourth-order valence-electron chi connectivity index (χ4n) is 4.28. The van der Waals surface area contributed by atoms with E-state index in [4.69, 9.17) is 4.42 Å². The first-order chi connectivity index (χ1) is 14.7. The van der Waals surface area contributed by atoms with Gasteiger partial charge in [-0.05, 0) is 43.5 Å². The highest BCUT2D eigenvalue weighted by Crippen LogP contribution is 2.31. The van der Waals surface area contributed by atoms with Gasteiger partial charge in [0.1, 0.15) is 5.52 Å². The molecule has 0 atom stereocenters. The summed E-state index contributed by atoms with van der Waals surface area (Å²) in [6.45, 7) is 2.14. The topological polar surface area (TPSA) is 78.7 Å². The minimum absolute atomic E-state index is 0.00584. The van der Waals surface area contributed by atoms with E-state index in [0.717, 1.165) is 49.1 Å². The van der Waals surface area contributed by atoms with Crippen LogP contribution in [0.1, 0.15) is 25.7 Å². The van der Waals surface area contributed by atoms with Crippen LogP contribution < -0.4 is 15.1 Å². The molecule has 5 rings (SSSR count). The Kier molecular flexibility index (Phi) is 4.86. The third-order valence-electron chi connectivity index (χ3n) is 5.94. The summed E-state index contributed by atoms with van der Waals surface area (Å²) in [5.74, 6) is 0.0441. The summed E-state index contributed by atoms with van der Waals surface area (Å²) in [7, 11) is 0. The fraction of sp³-hybridized carbons (Fsp3) is 0.348. The zero-order chi connectivity index (χ0) is 20.5. The third-order valence-corrected chi connectivity index (χ3v) is 5.94. The van der Waals surface area contributed by atoms with Crippen molar-refractivity contribution < 1.29 is 14.0 Å². The van der Waals surface area contributed by atoms with Crippen molar-refractivity contribution in [2.24, 2.45) is 5.92 Å². The van der Waals surface area contributed by atoms with Gasteiger partial charge in [-0.3, -0.25) is 9.59 Å². The van der Waals surface area contributed by atoms with Crippen molar-refractivity contribution in [3.8, 4) is 0 Å². The fourth-order valence-corrected chi connectivity index (χ4v) is 4.28. The first kappa shape index (κ1) is 18.7. The zero-order valence-corrected chi connectivity index (χ0v) is 16.7. The van der Waals surface area contributed by atoms with Crippen molar-refractivity contribution in [1.82, 2.24) is 4.98 Å². The van der Waals surface area contributed by atoms with Gasteiger partial charge in [-0.15, -0.1) is 0 Å². The first-order valence-electron chi connectivity index (χ1n) is 10.5. The molecule has 3 aromatic rings. The molecule has 0 radical (unpaired) electrons. The molecule has 0 spiro atoms. The Bertz CT molecular complexity index is 1050. The Labute approximate surface area is 174 Å². The second kappa shape index (κ2) is 7.82. The number of oxazole rings is 1. The van der Waals surface area contributed by atoms with Crippen LogP contribution >= 0.6 is 0 Å². The van der Waals surface area contributed by atoms with E-state index >= 15 is 0 Å². The largest absolute Gasteiger partial charge is 0.423 e. The van der Waals surface area contributed by atoms with Crippen LogP contribution in [0.25, 0.3) is 11.1 Å². The van der Waals surface area contributed by atoms with E-state index in [1.165, 1.54) is 0 Å². The van der Waals surface area contributed by atoms with Crippen LogP contribution in [0.5, 0.6) is 0 Å². The number of rotatable bonds is 4. The average molecular weight is 404 g/mol. The molecule has 0 bridgehead atoms. The molecule has 0 unspecified atom stereocenters. The van der Waals surface area contributed by atoms with Crippen LogP contribution in [0.15, 0.2) is 52.9 Å². The minimum atomic E-state index is -0.0760. The number of benzene rings is 2. The number of amides is 2. The molecule has 2 aromatic carbocycles. The van der Waals surface area contributed by atoms with Crippen molar-refractivity contribution in [3.63, 3.8) is 0 Å². The van der Waals surface area contributed by atoms with Gasteiger partial charge in [0.25, 0.3) is 6.01 Å². The van der Waals surface area contributed by atoms with Gasteiger partial charge >= 0.3 is 0 Å². The lowest BCUT2D eigenvalue weighted by molar-refractivity contribution is -0.120. The molecule has 1 aromatic heterocycles. The maximum absolute atomic E-state index is 12.9.